The van der Waals surface area contributed by atoms with E-state index in [2.05, 4.69) is 0 Å². The molecule has 0 saturated carbocycles. The van der Waals surface area contributed by atoms with E-state index in [0.29, 0.717) is 6.42 Å². The highest BCUT2D eigenvalue weighted by Gasteiger charge is 2.20. The SMILES string of the molecule is Cc1ccc(C(=O)CC2CCCO2)s1. The molecule has 0 radical (unpaired) electrons. The highest BCUT2D eigenvalue weighted by atomic mass is 32.1. The van der Waals surface area contributed by atoms with E-state index < -0.39 is 0 Å². The maximum Gasteiger partial charge on any atom is 0.175 e. The lowest BCUT2D eigenvalue weighted by Gasteiger charge is -2.06. The number of thiophene rings is 1. The summed E-state index contributed by atoms with van der Waals surface area (Å²) in [5.41, 5.74) is 0. The molecule has 0 N–H and O–H groups in total. The van der Waals surface area contributed by atoms with Gasteiger partial charge in [0.1, 0.15) is 0 Å². The summed E-state index contributed by atoms with van der Waals surface area (Å²) < 4.78 is 5.44. The van der Waals surface area contributed by atoms with Crippen LogP contribution in [0.25, 0.3) is 0 Å². The lowest BCUT2D eigenvalue weighted by Crippen LogP contribution is -2.11. The zero-order valence-corrected chi connectivity index (χ0v) is 9.10. The van der Waals surface area contributed by atoms with Crippen molar-refractivity contribution in [2.24, 2.45) is 0 Å². The first-order valence-corrected chi connectivity index (χ1v) is 5.78. The van der Waals surface area contributed by atoms with Crippen LogP contribution in [0.5, 0.6) is 0 Å². The topological polar surface area (TPSA) is 26.3 Å². The molecule has 0 aliphatic carbocycles. The van der Waals surface area contributed by atoms with Crippen LogP contribution in [0.1, 0.15) is 33.8 Å². The second-order valence-electron chi connectivity index (χ2n) is 3.67. The minimum absolute atomic E-state index is 0.171. The minimum Gasteiger partial charge on any atom is -0.378 e. The van der Waals surface area contributed by atoms with Crippen LogP contribution in [0.3, 0.4) is 0 Å². The Labute approximate surface area is 87.9 Å². The van der Waals surface area contributed by atoms with Gasteiger partial charge in [-0.25, -0.2) is 0 Å². The molecule has 0 spiro atoms. The molecule has 1 unspecified atom stereocenters. The molecule has 1 aromatic rings. The third-order valence-corrected chi connectivity index (χ3v) is 3.49. The summed E-state index contributed by atoms with van der Waals surface area (Å²) in [4.78, 5) is 13.8. The summed E-state index contributed by atoms with van der Waals surface area (Å²) in [7, 11) is 0. The fourth-order valence-corrected chi connectivity index (χ4v) is 2.51. The van der Waals surface area contributed by atoms with E-state index in [4.69, 9.17) is 4.74 Å². The smallest absolute Gasteiger partial charge is 0.175 e. The van der Waals surface area contributed by atoms with E-state index in [1.165, 1.54) is 4.88 Å². The third-order valence-electron chi connectivity index (χ3n) is 2.45. The Morgan fingerprint density at radius 2 is 2.50 bits per heavy atom. The molecule has 2 heterocycles. The zero-order chi connectivity index (χ0) is 9.97. The fourth-order valence-electron chi connectivity index (χ4n) is 1.70. The van der Waals surface area contributed by atoms with Gasteiger partial charge in [-0.15, -0.1) is 11.3 Å². The van der Waals surface area contributed by atoms with Gasteiger partial charge in [0.25, 0.3) is 0 Å². The van der Waals surface area contributed by atoms with Crippen molar-refractivity contribution < 1.29 is 9.53 Å². The van der Waals surface area contributed by atoms with Gasteiger partial charge < -0.3 is 4.74 Å². The van der Waals surface area contributed by atoms with Gasteiger partial charge >= 0.3 is 0 Å². The quantitative estimate of drug-likeness (QED) is 0.717. The number of ether oxygens (including phenoxy) is 1. The molecule has 0 bridgehead atoms. The highest BCUT2D eigenvalue weighted by Crippen LogP contribution is 2.21. The number of rotatable bonds is 3. The van der Waals surface area contributed by atoms with Gasteiger partial charge in [0.05, 0.1) is 11.0 Å². The predicted octanol–water partition coefficient (Wildman–Crippen LogP) is 2.81. The van der Waals surface area contributed by atoms with Crippen molar-refractivity contribution in [2.45, 2.75) is 32.3 Å². The van der Waals surface area contributed by atoms with Crippen molar-refractivity contribution in [3.63, 3.8) is 0 Å². The Kier molecular flexibility index (Phi) is 2.99. The van der Waals surface area contributed by atoms with Crippen LogP contribution in [-0.2, 0) is 4.74 Å². The van der Waals surface area contributed by atoms with Crippen molar-refractivity contribution in [3.05, 3.63) is 21.9 Å². The molecule has 2 nitrogen and oxygen atoms in total. The molecule has 3 heteroatoms. The largest absolute Gasteiger partial charge is 0.378 e. The fraction of sp³-hybridized carbons (Fsp3) is 0.545. The Hall–Kier alpha value is -0.670. The summed E-state index contributed by atoms with van der Waals surface area (Å²) in [5, 5.41) is 0. The molecule has 0 amide bonds. The van der Waals surface area contributed by atoms with E-state index in [1.807, 2.05) is 19.1 Å². The van der Waals surface area contributed by atoms with Gasteiger partial charge in [-0.2, -0.15) is 0 Å². The predicted molar refractivity (Wildman–Crippen MR) is 57.0 cm³/mol. The Morgan fingerprint density at radius 1 is 1.64 bits per heavy atom. The van der Waals surface area contributed by atoms with E-state index in [-0.39, 0.29) is 11.9 Å². The third kappa shape index (κ3) is 2.22. The molecule has 1 atom stereocenters. The van der Waals surface area contributed by atoms with E-state index >= 15 is 0 Å². The number of hydrogen-bond donors (Lipinski definition) is 0. The van der Waals surface area contributed by atoms with E-state index in [0.717, 1.165) is 24.3 Å². The second-order valence-corrected chi connectivity index (χ2v) is 4.96. The van der Waals surface area contributed by atoms with Crippen LogP contribution < -0.4 is 0 Å². The lowest BCUT2D eigenvalue weighted by atomic mass is 10.1. The van der Waals surface area contributed by atoms with E-state index in [9.17, 15) is 4.79 Å². The van der Waals surface area contributed by atoms with Crippen molar-refractivity contribution in [2.75, 3.05) is 6.61 Å². The lowest BCUT2D eigenvalue weighted by molar-refractivity contribution is 0.0779. The molecule has 1 saturated heterocycles. The van der Waals surface area contributed by atoms with Gasteiger partial charge in [0.2, 0.25) is 0 Å². The average molecular weight is 210 g/mol. The normalized spacial score (nSPS) is 21.4. The minimum atomic E-state index is 0.171. The number of hydrogen-bond acceptors (Lipinski definition) is 3. The molecule has 76 valence electrons. The average Bonchev–Trinajstić information content (AvgIpc) is 2.75. The molecule has 2 rings (SSSR count). The van der Waals surface area contributed by atoms with Crippen LogP contribution in [0.2, 0.25) is 0 Å². The molecular formula is C11H14O2S. The Morgan fingerprint density at radius 3 is 3.07 bits per heavy atom. The van der Waals surface area contributed by atoms with Crippen LogP contribution in [0.15, 0.2) is 12.1 Å². The molecule has 1 fully saturated rings. The number of carbonyl (C=O) groups is 1. The van der Waals surface area contributed by atoms with Crippen molar-refractivity contribution in [3.8, 4) is 0 Å². The summed E-state index contributed by atoms with van der Waals surface area (Å²) in [6.45, 7) is 2.84. The summed E-state index contributed by atoms with van der Waals surface area (Å²) in [6, 6.07) is 3.91. The van der Waals surface area contributed by atoms with Crippen LogP contribution in [0.4, 0.5) is 0 Å². The first kappa shape index (κ1) is 9.87. The first-order valence-electron chi connectivity index (χ1n) is 4.97. The maximum atomic E-state index is 11.7. The van der Waals surface area contributed by atoms with Crippen molar-refractivity contribution in [1.82, 2.24) is 0 Å². The van der Waals surface area contributed by atoms with Crippen LogP contribution in [-0.4, -0.2) is 18.5 Å². The number of aryl methyl sites for hydroxylation is 1. The van der Waals surface area contributed by atoms with E-state index in [1.54, 1.807) is 11.3 Å². The molecule has 1 aliphatic rings. The monoisotopic (exact) mass is 210 g/mol. The molecule has 1 aromatic heterocycles. The standard InChI is InChI=1S/C11H14O2S/c1-8-4-5-11(14-8)10(12)7-9-3-2-6-13-9/h4-5,9H,2-3,6-7H2,1H3. The van der Waals surface area contributed by atoms with Crippen molar-refractivity contribution in [1.29, 1.82) is 0 Å². The summed E-state index contributed by atoms with van der Waals surface area (Å²) in [6.07, 6.45) is 2.86. The molecule has 1 aliphatic heterocycles. The molecule has 0 aromatic carbocycles. The second kappa shape index (κ2) is 4.24. The van der Waals surface area contributed by atoms with Crippen molar-refractivity contribution >= 4 is 17.1 Å². The number of ketones is 1. The number of carbonyl (C=O) groups excluding carboxylic acids is 1. The summed E-state index contributed by atoms with van der Waals surface area (Å²) in [5.74, 6) is 0.231. The van der Waals surface area contributed by atoms with Gasteiger partial charge in [-0.1, -0.05) is 0 Å². The molecular weight excluding hydrogens is 196 g/mol. The van der Waals surface area contributed by atoms with Gasteiger partial charge in [0.15, 0.2) is 5.78 Å². The van der Waals surface area contributed by atoms with Gasteiger partial charge in [0, 0.05) is 17.9 Å². The van der Waals surface area contributed by atoms with Crippen LogP contribution >= 0.6 is 11.3 Å². The maximum absolute atomic E-state index is 11.7. The summed E-state index contributed by atoms with van der Waals surface area (Å²) >= 11 is 1.57. The zero-order valence-electron chi connectivity index (χ0n) is 8.29. The Bertz CT molecular complexity index is 324. The van der Waals surface area contributed by atoms with Gasteiger partial charge in [-0.05, 0) is 31.9 Å². The highest BCUT2D eigenvalue weighted by molar-refractivity contribution is 7.14. The van der Waals surface area contributed by atoms with Crippen LogP contribution in [0, 0.1) is 6.92 Å². The van der Waals surface area contributed by atoms with Gasteiger partial charge in [-0.3, -0.25) is 4.79 Å². The number of Topliss-reactive ketones (excluding diaryl/α,β-unsaturated/α-hetero) is 1. The first-order chi connectivity index (χ1) is 6.75. The Balaban J connectivity index is 1.95. The molecule has 14 heavy (non-hydrogen) atoms.